The molecule has 2 saturated carbocycles. The lowest BCUT2D eigenvalue weighted by molar-refractivity contribution is -0.165. The highest BCUT2D eigenvalue weighted by atomic mass is 16.5. The fourth-order valence-electron chi connectivity index (χ4n) is 11.2. The maximum Gasteiger partial charge on any atom is 0.293 e. The van der Waals surface area contributed by atoms with E-state index < -0.39 is 65.3 Å². The zero-order valence-corrected chi connectivity index (χ0v) is 41.2. The fraction of sp³-hybridized carbons (Fsp3) is 0.755. The van der Waals surface area contributed by atoms with Gasteiger partial charge in [-0.25, -0.2) is 0 Å². The van der Waals surface area contributed by atoms with Crippen molar-refractivity contribution < 1.29 is 53.5 Å². The number of ether oxygens (including phenoxy) is 3. The van der Waals surface area contributed by atoms with Crippen LogP contribution in [0.5, 0.6) is 0 Å². The summed E-state index contributed by atoms with van der Waals surface area (Å²) < 4.78 is 17.1. The maximum absolute atomic E-state index is 14.6. The van der Waals surface area contributed by atoms with Crippen LogP contribution in [0.15, 0.2) is 47.6 Å². The first kappa shape index (κ1) is 54.5. The highest BCUT2D eigenvalue weighted by Crippen LogP contribution is 2.42. The minimum atomic E-state index is -1.89. The zero-order chi connectivity index (χ0) is 48.2. The molecule has 1 saturated heterocycles. The number of Topliss-reactive ketones (excluding diaryl/α,β-unsaturated/α-hetero) is 4. The molecule has 2 aliphatic carbocycles. The molecule has 2 heterocycles. The van der Waals surface area contributed by atoms with Crippen molar-refractivity contribution in [2.24, 2.45) is 47.3 Å². The average molecular weight is 910 g/mol. The summed E-state index contributed by atoms with van der Waals surface area (Å²) in [6.07, 6.45) is 15.1. The average Bonchev–Trinajstić information content (AvgIpc) is 3.28. The van der Waals surface area contributed by atoms with Crippen molar-refractivity contribution >= 4 is 29.0 Å². The summed E-state index contributed by atoms with van der Waals surface area (Å²) in [6, 6.07) is -0.862. The molecule has 4 rings (SSSR count). The number of rotatable bonds is 6. The van der Waals surface area contributed by atoms with Crippen molar-refractivity contribution in [3.05, 3.63) is 47.6 Å². The first-order chi connectivity index (χ1) is 30.7. The van der Waals surface area contributed by atoms with Crippen molar-refractivity contribution in [2.75, 3.05) is 27.9 Å². The van der Waals surface area contributed by atoms with Gasteiger partial charge < -0.3 is 34.4 Å². The Bertz CT molecular complexity index is 1750. The lowest BCUT2D eigenvalue weighted by Gasteiger charge is -2.43. The smallest absolute Gasteiger partial charge is 0.293 e. The molecule has 0 spiro atoms. The molecule has 0 aromatic carbocycles. The Hall–Kier alpha value is -3.13. The van der Waals surface area contributed by atoms with Gasteiger partial charge in [0.25, 0.3) is 11.7 Å². The fourth-order valence-corrected chi connectivity index (χ4v) is 11.2. The molecule has 12 nitrogen and oxygen atoms in total. The molecule has 15 atom stereocenters. The predicted octanol–water partition coefficient (Wildman–Crippen LogP) is 7.51. The standard InChI is InChI=1S/C53H83NO11/c1-32-16-12-11-13-17-33(2)46(63-8)28-40-20-19-38(7)53(62,31-40)51(60)52(61)54-23-15-14-18-42(54)45(57)30-41(34(3)26-39-21-22-43(55)47(27-39)64-9)29-44(56)35(4)25-37(6)49(59)50(65-10)48(58)36(5)24-32/h11-13,16-17,25,32,34-36,38-43,46-47,49-50,55,59,62H,14-15,18-24,26-31H2,1-10H3/b13-11?,16-12+,33-17?,37-25+/t32-,34-,35-,36-,38-,39?,40+,41-,42+,43-,46+,47-,49-,50+,53+/m1/s1. The number of ketones is 4. The molecule has 366 valence electrons. The van der Waals surface area contributed by atoms with Crippen molar-refractivity contribution in [1.82, 2.24) is 4.90 Å². The number of carbonyl (C=O) groups is 5. The van der Waals surface area contributed by atoms with Gasteiger partial charge in [-0.05, 0) is 138 Å². The number of aliphatic hydroxyl groups excluding tert-OH is 2. The van der Waals surface area contributed by atoms with E-state index in [0.29, 0.717) is 63.4 Å². The van der Waals surface area contributed by atoms with Gasteiger partial charge in [-0.3, -0.25) is 24.0 Å². The van der Waals surface area contributed by atoms with Crippen LogP contribution < -0.4 is 0 Å². The zero-order valence-electron chi connectivity index (χ0n) is 41.2. The van der Waals surface area contributed by atoms with E-state index in [0.717, 1.165) is 18.4 Å². The molecular formula is C53H83NO11. The van der Waals surface area contributed by atoms with Crippen LogP contribution in [0.2, 0.25) is 0 Å². The number of aliphatic hydroxyl groups is 3. The molecule has 65 heavy (non-hydrogen) atoms. The summed E-state index contributed by atoms with van der Waals surface area (Å²) in [4.78, 5) is 72.7. The lowest BCUT2D eigenvalue weighted by Crippen LogP contribution is -2.59. The number of amides is 1. The van der Waals surface area contributed by atoms with Gasteiger partial charge in [0.15, 0.2) is 11.6 Å². The van der Waals surface area contributed by atoms with E-state index in [1.807, 2.05) is 58.1 Å². The van der Waals surface area contributed by atoms with E-state index in [9.17, 15) is 39.3 Å². The number of fused-ring (bicyclic) bond motifs is 3. The summed E-state index contributed by atoms with van der Waals surface area (Å²) in [5.74, 6) is -4.08. The summed E-state index contributed by atoms with van der Waals surface area (Å²) in [5, 5.41) is 34.2. The quantitative estimate of drug-likeness (QED) is 0.178. The van der Waals surface area contributed by atoms with Crippen molar-refractivity contribution in [2.45, 2.75) is 181 Å². The van der Waals surface area contributed by atoms with Gasteiger partial charge in [-0.1, -0.05) is 71.1 Å². The summed E-state index contributed by atoms with van der Waals surface area (Å²) >= 11 is 0. The number of hydrogen-bond donors (Lipinski definition) is 3. The number of nitrogens with zero attached hydrogens (tertiary/aromatic N) is 1. The summed E-state index contributed by atoms with van der Waals surface area (Å²) in [5.41, 5.74) is -0.476. The van der Waals surface area contributed by atoms with Crippen LogP contribution in [-0.4, -0.2) is 119 Å². The number of piperidine rings is 1. The van der Waals surface area contributed by atoms with Gasteiger partial charge in [-0.15, -0.1) is 0 Å². The predicted molar refractivity (Wildman–Crippen MR) is 252 cm³/mol. The van der Waals surface area contributed by atoms with Gasteiger partial charge in [0.1, 0.15) is 23.6 Å². The van der Waals surface area contributed by atoms with Gasteiger partial charge >= 0.3 is 0 Å². The maximum atomic E-state index is 14.6. The molecule has 4 aliphatic rings. The monoisotopic (exact) mass is 910 g/mol. The second-order valence-corrected chi connectivity index (χ2v) is 20.6. The van der Waals surface area contributed by atoms with Crippen LogP contribution in [0.4, 0.5) is 0 Å². The van der Waals surface area contributed by atoms with E-state index in [4.69, 9.17) is 14.2 Å². The van der Waals surface area contributed by atoms with Crippen molar-refractivity contribution in [1.29, 1.82) is 0 Å². The van der Waals surface area contributed by atoms with Crippen LogP contribution in [0.3, 0.4) is 0 Å². The van der Waals surface area contributed by atoms with E-state index in [-0.39, 0.29) is 79.0 Å². The molecule has 1 amide bonds. The van der Waals surface area contributed by atoms with Crippen molar-refractivity contribution in [3.63, 3.8) is 0 Å². The Labute approximate surface area is 389 Å². The third-order valence-electron chi connectivity index (χ3n) is 15.6. The topological polar surface area (TPSA) is 177 Å². The van der Waals surface area contributed by atoms with Crippen LogP contribution >= 0.6 is 0 Å². The molecule has 2 aliphatic heterocycles. The third kappa shape index (κ3) is 14.4. The summed E-state index contributed by atoms with van der Waals surface area (Å²) in [6.45, 7) is 13.4. The third-order valence-corrected chi connectivity index (χ3v) is 15.6. The highest BCUT2D eigenvalue weighted by Gasteiger charge is 2.51. The van der Waals surface area contributed by atoms with Crippen LogP contribution in [-0.2, 0) is 38.2 Å². The van der Waals surface area contributed by atoms with Gasteiger partial charge in [0.2, 0.25) is 0 Å². The normalized spacial score (nSPS) is 39.2. The van der Waals surface area contributed by atoms with Gasteiger partial charge in [-0.2, -0.15) is 0 Å². The molecule has 0 radical (unpaired) electrons. The van der Waals surface area contributed by atoms with Crippen molar-refractivity contribution in [3.8, 4) is 0 Å². The first-order valence-electron chi connectivity index (χ1n) is 24.6. The van der Waals surface area contributed by atoms with Gasteiger partial charge in [0, 0.05) is 52.6 Å². The van der Waals surface area contributed by atoms with Crippen LogP contribution in [0, 0.1) is 47.3 Å². The minimum absolute atomic E-state index is 0.0194. The largest absolute Gasteiger partial charge is 0.390 e. The highest BCUT2D eigenvalue weighted by molar-refractivity contribution is 6.39. The van der Waals surface area contributed by atoms with Crippen LogP contribution in [0.25, 0.3) is 0 Å². The Kier molecular flexibility index (Phi) is 21.2. The van der Waals surface area contributed by atoms with Gasteiger partial charge in [0.05, 0.1) is 24.4 Å². The number of methoxy groups -OCH3 is 3. The molecule has 12 heteroatoms. The van der Waals surface area contributed by atoms with E-state index in [2.05, 4.69) is 6.92 Å². The minimum Gasteiger partial charge on any atom is -0.390 e. The molecular weight excluding hydrogens is 827 g/mol. The molecule has 3 N–H and O–H groups in total. The van der Waals surface area contributed by atoms with E-state index in [1.165, 1.54) is 12.0 Å². The Morgan fingerprint density at radius 3 is 2.18 bits per heavy atom. The Morgan fingerprint density at radius 2 is 1.51 bits per heavy atom. The molecule has 0 aromatic rings. The second kappa shape index (κ2) is 25.3. The van der Waals surface area contributed by atoms with Crippen LogP contribution in [0.1, 0.15) is 138 Å². The van der Waals surface area contributed by atoms with E-state index >= 15 is 0 Å². The first-order valence-corrected chi connectivity index (χ1v) is 24.6. The molecule has 1 unspecified atom stereocenters. The van der Waals surface area contributed by atoms with E-state index in [1.54, 1.807) is 34.1 Å². The number of hydrogen-bond acceptors (Lipinski definition) is 11. The SMILES string of the molecule is CO[C@H]1C[C@@H]2CC[C@@H](C)[C@@](O)(C2)C(=O)C(=O)N2CCCC[C@H]2C(=O)C[C@H]([C@H](C)CC2CC[C@@H](O)[C@H](OC)C2)CC(=O)[C@H](C)/C=C(\C)[C@@H](O)[C@@H](OC)C(=O)[C@H](C)C[C@H](C)/C=C/C=CC=C1C. The Balaban J connectivity index is 1.70. The molecule has 0 aromatic heterocycles. The molecule has 2 bridgehead atoms. The number of allylic oxidation sites excluding steroid dienone is 6. The molecule has 3 fully saturated rings. The Morgan fingerprint density at radius 1 is 0.800 bits per heavy atom. The second-order valence-electron chi connectivity index (χ2n) is 20.6. The lowest BCUT2D eigenvalue weighted by atomic mass is 9.67. The summed E-state index contributed by atoms with van der Waals surface area (Å²) in [7, 11) is 4.64. The number of carbonyl (C=O) groups excluding carboxylic acids is 5.